The third kappa shape index (κ3) is 1.53. The lowest BCUT2D eigenvalue weighted by Crippen LogP contribution is -2.43. The van der Waals surface area contributed by atoms with Crippen molar-refractivity contribution >= 4 is 0 Å². The van der Waals surface area contributed by atoms with Crippen molar-refractivity contribution in [2.24, 2.45) is 5.92 Å². The Morgan fingerprint density at radius 1 is 1.40 bits per heavy atom. The molecule has 2 aliphatic heterocycles. The maximum atomic E-state index is 5.62. The summed E-state index contributed by atoms with van der Waals surface area (Å²) in [6, 6.07) is 7.23. The van der Waals surface area contributed by atoms with Gasteiger partial charge in [-0.05, 0) is 36.0 Å². The van der Waals surface area contributed by atoms with Crippen molar-refractivity contribution in [1.82, 2.24) is 5.32 Å². The minimum absolute atomic E-state index is 0.567. The maximum Gasteiger partial charge on any atom is 0.122 e. The number of nitrogens with one attached hydrogen (secondary N) is 1. The van der Waals surface area contributed by atoms with Crippen LogP contribution in [0.25, 0.3) is 0 Å². The van der Waals surface area contributed by atoms with Crippen molar-refractivity contribution in [2.75, 3.05) is 13.2 Å². The Morgan fingerprint density at radius 3 is 3.07 bits per heavy atom. The van der Waals surface area contributed by atoms with E-state index in [-0.39, 0.29) is 0 Å². The molecule has 2 nitrogen and oxygen atoms in total. The Bertz CT molecular complexity index is 375. The van der Waals surface area contributed by atoms with Crippen LogP contribution < -0.4 is 10.1 Å². The topological polar surface area (TPSA) is 21.3 Å². The summed E-state index contributed by atoms with van der Waals surface area (Å²) in [4.78, 5) is 0. The minimum atomic E-state index is 0.567. The molecule has 0 aromatic heterocycles. The van der Waals surface area contributed by atoms with Gasteiger partial charge in [0.2, 0.25) is 0 Å². The van der Waals surface area contributed by atoms with Gasteiger partial charge in [-0.25, -0.2) is 0 Å². The lowest BCUT2D eigenvalue weighted by molar-refractivity contribution is 0.256. The number of benzene rings is 1. The predicted octanol–water partition coefficient (Wildman–Crippen LogP) is 2.29. The molecule has 0 radical (unpaired) electrons. The van der Waals surface area contributed by atoms with Crippen LogP contribution in [0, 0.1) is 5.92 Å². The molecule has 0 amide bonds. The van der Waals surface area contributed by atoms with E-state index in [1.807, 2.05) is 0 Å². The zero-order valence-electron chi connectivity index (χ0n) is 9.12. The Balaban J connectivity index is 1.90. The first-order valence-electron chi connectivity index (χ1n) is 5.83. The molecular formula is C13H17NO. The molecule has 0 aliphatic carbocycles. The number of hydrogen-bond donors (Lipinski definition) is 1. The van der Waals surface area contributed by atoms with Gasteiger partial charge in [-0.15, -0.1) is 0 Å². The summed E-state index contributed by atoms with van der Waals surface area (Å²) >= 11 is 0. The van der Waals surface area contributed by atoms with Gasteiger partial charge in [0.15, 0.2) is 0 Å². The molecule has 80 valence electrons. The molecule has 2 heteroatoms. The van der Waals surface area contributed by atoms with E-state index < -0.39 is 0 Å². The first kappa shape index (κ1) is 9.22. The molecule has 2 unspecified atom stereocenters. The first-order chi connectivity index (χ1) is 7.34. The SMILES string of the molecule is CC1CNC1c1ccc2c(c1)CCCO2. The molecule has 1 N–H and O–H groups in total. The zero-order valence-corrected chi connectivity index (χ0v) is 9.12. The fraction of sp³-hybridized carbons (Fsp3) is 0.538. The average molecular weight is 203 g/mol. The Kier molecular flexibility index (Phi) is 2.17. The van der Waals surface area contributed by atoms with E-state index in [2.05, 4.69) is 30.4 Å². The van der Waals surface area contributed by atoms with Gasteiger partial charge < -0.3 is 10.1 Å². The second-order valence-corrected chi connectivity index (χ2v) is 4.68. The van der Waals surface area contributed by atoms with Crippen molar-refractivity contribution < 1.29 is 4.74 Å². The first-order valence-corrected chi connectivity index (χ1v) is 5.83. The molecule has 2 atom stereocenters. The van der Waals surface area contributed by atoms with Gasteiger partial charge >= 0.3 is 0 Å². The van der Waals surface area contributed by atoms with Gasteiger partial charge in [0.1, 0.15) is 5.75 Å². The standard InChI is InChI=1S/C13H17NO/c1-9-8-14-13(9)11-4-5-12-10(7-11)3-2-6-15-12/h4-5,7,9,13-14H,2-3,6,8H2,1H3. The van der Waals surface area contributed by atoms with Crippen LogP contribution >= 0.6 is 0 Å². The van der Waals surface area contributed by atoms with E-state index in [0.29, 0.717) is 6.04 Å². The number of aryl methyl sites for hydroxylation is 1. The number of fused-ring (bicyclic) bond motifs is 1. The summed E-state index contributed by atoms with van der Waals surface area (Å²) in [5, 5.41) is 3.48. The molecule has 2 heterocycles. The van der Waals surface area contributed by atoms with Crippen LogP contribution in [0.15, 0.2) is 18.2 Å². The van der Waals surface area contributed by atoms with Gasteiger partial charge in [-0.2, -0.15) is 0 Å². The van der Waals surface area contributed by atoms with Crippen molar-refractivity contribution in [2.45, 2.75) is 25.8 Å². The fourth-order valence-corrected chi connectivity index (χ4v) is 2.49. The smallest absolute Gasteiger partial charge is 0.122 e. The molecule has 1 fully saturated rings. The summed E-state index contributed by atoms with van der Waals surface area (Å²) < 4.78 is 5.62. The predicted molar refractivity (Wildman–Crippen MR) is 60.2 cm³/mol. The van der Waals surface area contributed by atoms with Crippen LogP contribution in [-0.4, -0.2) is 13.2 Å². The molecule has 2 aliphatic rings. The molecule has 0 saturated carbocycles. The lowest BCUT2D eigenvalue weighted by Gasteiger charge is -2.36. The van der Waals surface area contributed by atoms with Crippen LogP contribution in [-0.2, 0) is 6.42 Å². The van der Waals surface area contributed by atoms with Gasteiger partial charge in [-0.3, -0.25) is 0 Å². The third-order valence-corrected chi connectivity index (χ3v) is 3.52. The van der Waals surface area contributed by atoms with E-state index in [1.165, 1.54) is 17.5 Å². The second-order valence-electron chi connectivity index (χ2n) is 4.68. The van der Waals surface area contributed by atoms with Crippen molar-refractivity contribution in [3.63, 3.8) is 0 Å². The van der Waals surface area contributed by atoms with E-state index >= 15 is 0 Å². The van der Waals surface area contributed by atoms with Crippen LogP contribution in [0.4, 0.5) is 0 Å². The highest BCUT2D eigenvalue weighted by molar-refractivity contribution is 5.40. The average Bonchev–Trinajstić information content (AvgIpc) is 2.27. The normalized spacial score (nSPS) is 28.9. The molecule has 0 bridgehead atoms. The Hall–Kier alpha value is -1.02. The van der Waals surface area contributed by atoms with Gasteiger partial charge in [0.25, 0.3) is 0 Å². The van der Waals surface area contributed by atoms with Crippen molar-refractivity contribution in [1.29, 1.82) is 0 Å². The summed E-state index contributed by atoms with van der Waals surface area (Å²) in [6.07, 6.45) is 2.33. The van der Waals surface area contributed by atoms with Crippen molar-refractivity contribution in [3.8, 4) is 5.75 Å². The molecule has 3 rings (SSSR count). The van der Waals surface area contributed by atoms with Crippen LogP contribution in [0.2, 0.25) is 0 Å². The number of ether oxygens (including phenoxy) is 1. The molecule has 0 spiro atoms. The molecule has 15 heavy (non-hydrogen) atoms. The van der Waals surface area contributed by atoms with E-state index in [1.54, 1.807) is 0 Å². The van der Waals surface area contributed by atoms with Gasteiger partial charge in [0.05, 0.1) is 6.61 Å². The van der Waals surface area contributed by atoms with E-state index in [0.717, 1.165) is 31.2 Å². The Labute approximate surface area is 90.6 Å². The highest BCUT2D eigenvalue weighted by Crippen LogP contribution is 2.33. The van der Waals surface area contributed by atoms with Gasteiger partial charge in [0, 0.05) is 12.6 Å². The zero-order chi connectivity index (χ0) is 10.3. The maximum absolute atomic E-state index is 5.62. The molecular weight excluding hydrogens is 186 g/mol. The number of rotatable bonds is 1. The summed E-state index contributed by atoms with van der Waals surface area (Å²) in [7, 11) is 0. The molecule has 1 aromatic carbocycles. The highest BCUT2D eigenvalue weighted by atomic mass is 16.5. The summed E-state index contributed by atoms with van der Waals surface area (Å²) in [6.45, 7) is 4.33. The van der Waals surface area contributed by atoms with Crippen LogP contribution in [0.1, 0.15) is 30.5 Å². The van der Waals surface area contributed by atoms with E-state index in [9.17, 15) is 0 Å². The lowest BCUT2D eigenvalue weighted by atomic mass is 9.86. The minimum Gasteiger partial charge on any atom is -0.493 e. The van der Waals surface area contributed by atoms with Crippen molar-refractivity contribution in [3.05, 3.63) is 29.3 Å². The highest BCUT2D eigenvalue weighted by Gasteiger charge is 2.28. The number of hydrogen-bond acceptors (Lipinski definition) is 2. The van der Waals surface area contributed by atoms with E-state index in [4.69, 9.17) is 4.74 Å². The van der Waals surface area contributed by atoms with Crippen LogP contribution in [0.3, 0.4) is 0 Å². The fourth-order valence-electron chi connectivity index (χ4n) is 2.49. The molecule has 1 saturated heterocycles. The summed E-state index contributed by atoms with van der Waals surface area (Å²) in [5.74, 6) is 1.87. The quantitative estimate of drug-likeness (QED) is 0.756. The van der Waals surface area contributed by atoms with Gasteiger partial charge in [-0.1, -0.05) is 19.1 Å². The van der Waals surface area contributed by atoms with Crippen LogP contribution in [0.5, 0.6) is 5.75 Å². The third-order valence-electron chi connectivity index (χ3n) is 3.52. The molecule has 1 aromatic rings. The Morgan fingerprint density at radius 2 is 2.33 bits per heavy atom. The summed E-state index contributed by atoms with van der Waals surface area (Å²) in [5.41, 5.74) is 2.82. The monoisotopic (exact) mass is 203 g/mol. The largest absolute Gasteiger partial charge is 0.493 e. The second kappa shape index (κ2) is 3.53.